The second-order valence-electron chi connectivity index (χ2n) is 3.62. The minimum absolute atomic E-state index is 0.692. The fourth-order valence-electron chi connectivity index (χ4n) is 1.53. The Hall–Kier alpha value is -1.32. The zero-order valence-electron chi connectivity index (χ0n) is 9.11. The van der Waals surface area contributed by atoms with E-state index in [0.29, 0.717) is 12.1 Å². The minimum Gasteiger partial charge on any atom is -0.454 e. The first-order chi connectivity index (χ1) is 8.28. The van der Waals surface area contributed by atoms with Crippen molar-refractivity contribution >= 4 is 22.6 Å². The van der Waals surface area contributed by atoms with Crippen molar-refractivity contribution in [3.63, 3.8) is 0 Å². The summed E-state index contributed by atoms with van der Waals surface area (Å²) in [7, 11) is 0. The van der Waals surface area contributed by atoms with Gasteiger partial charge in [-0.3, -0.25) is 0 Å². The molecule has 86 valence electrons. The summed E-state index contributed by atoms with van der Waals surface area (Å²) in [5.74, 6) is 0.922. The lowest BCUT2D eigenvalue weighted by Gasteiger charge is -2.03. The van der Waals surface area contributed by atoms with Gasteiger partial charge in [0.1, 0.15) is 5.76 Å². The van der Waals surface area contributed by atoms with E-state index in [0.717, 1.165) is 21.6 Å². The summed E-state index contributed by atoms with van der Waals surface area (Å²) >= 11 is 2.14. The number of hydrogen-bond donors (Lipinski definition) is 1. The topological polar surface area (TPSA) is 49.0 Å². The molecule has 0 atom stereocenters. The highest BCUT2D eigenvalue weighted by Gasteiger charge is 1.99. The molecular weight excluding hydrogens is 327 g/mol. The molecule has 0 unspecified atom stereocenters. The van der Waals surface area contributed by atoms with Crippen molar-refractivity contribution in [2.24, 2.45) is 0 Å². The van der Waals surface area contributed by atoms with Gasteiger partial charge in [0.25, 0.3) is 0 Å². The van der Waals surface area contributed by atoms with E-state index < -0.39 is 0 Å². The van der Waals surface area contributed by atoms with Gasteiger partial charge in [-0.05, 0) is 52.4 Å². The maximum atomic E-state index is 8.78. The molecule has 2 aromatic rings. The number of nitriles is 1. The molecule has 0 radical (unpaired) electrons. The van der Waals surface area contributed by atoms with E-state index >= 15 is 0 Å². The van der Waals surface area contributed by atoms with Gasteiger partial charge in [-0.2, -0.15) is 5.26 Å². The Morgan fingerprint density at radius 1 is 1.24 bits per heavy atom. The van der Waals surface area contributed by atoms with Crippen LogP contribution in [-0.2, 0) is 13.1 Å². The van der Waals surface area contributed by atoms with E-state index in [1.807, 2.05) is 30.3 Å². The number of furan rings is 1. The van der Waals surface area contributed by atoms with Gasteiger partial charge in [0.05, 0.1) is 18.2 Å². The van der Waals surface area contributed by atoms with Crippen LogP contribution in [-0.4, -0.2) is 0 Å². The predicted octanol–water partition coefficient (Wildman–Crippen LogP) is 3.05. The Bertz CT molecular complexity index is 542. The summed E-state index contributed by atoms with van der Waals surface area (Å²) < 4.78 is 6.33. The molecule has 1 heterocycles. The van der Waals surface area contributed by atoms with Gasteiger partial charge in [-0.25, -0.2) is 0 Å². The molecule has 0 saturated heterocycles. The van der Waals surface area contributed by atoms with Crippen molar-refractivity contribution in [2.75, 3.05) is 0 Å². The van der Waals surface area contributed by atoms with Gasteiger partial charge in [-0.1, -0.05) is 12.1 Å². The van der Waals surface area contributed by atoms with Gasteiger partial charge in [0.2, 0.25) is 0 Å². The van der Waals surface area contributed by atoms with Crippen molar-refractivity contribution < 1.29 is 4.42 Å². The summed E-state index contributed by atoms with van der Waals surface area (Å²) in [4.78, 5) is 0. The lowest BCUT2D eigenvalue weighted by molar-refractivity contribution is 0.463. The Morgan fingerprint density at radius 3 is 2.82 bits per heavy atom. The van der Waals surface area contributed by atoms with E-state index in [1.165, 1.54) is 0 Å². The number of hydrogen-bond acceptors (Lipinski definition) is 3. The Kier molecular flexibility index (Phi) is 4.18. The maximum Gasteiger partial charge on any atom is 0.164 e. The molecular formula is C13H11IN2O. The number of nitrogens with zero attached hydrogens (tertiary/aromatic N) is 1. The molecule has 0 aliphatic carbocycles. The Morgan fingerprint density at radius 2 is 2.12 bits per heavy atom. The van der Waals surface area contributed by atoms with Crippen molar-refractivity contribution in [3.05, 3.63) is 57.1 Å². The molecule has 4 heteroatoms. The lowest BCUT2D eigenvalue weighted by atomic mass is 10.1. The zero-order chi connectivity index (χ0) is 12.1. The van der Waals surface area contributed by atoms with Crippen LogP contribution in [0.3, 0.4) is 0 Å². The molecule has 0 bridgehead atoms. The predicted molar refractivity (Wildman–Crippen MR) is 73.1 cm³/mol. The fraction of sp³-hybridized carbons (Fsp3) is 0.154. The molecule has 0 aliphatic heterocycles. The highest BCUT2D eigenvalue weighted by Crippen LogP contribution is 2.10. The van der Waals surface area contributed by atoms with E-state index in [-0.39, 0.29) is 0 Å². The molecule has 1 aromatic carbocycles. The summed E-state index contributed by atoms with van der Waals surface area (Å²) in [6, 6.07) is 13.6. The van der Waals surface area contributed by atoms with Gasteiger partial charge < -0.3 is 9.73 Å². The number of halogens is 1. The highest BCUT2D eigenvalue weighted by atomic mass is 127. The summed E-state index contributed by atoms with van der Waals surface area (Å²) in [6.45, 7) is 1.42. The van der Waals surface area contributed by atoms with Crippen LogP contribution in [0.2, 0.25) is 0 Å². The number of rotatable bonds is 4. The van der Waals surface area contributed by atoms with Crippen LogP contribution < -0.4 is 5.32 Å². The van der Waals surface area contributed by atoms with Crippen LogP contribution >= 0.6 is 22.6 Å². The third kappa shape index (κ3) is 3.58. The SMILES string of the molecule is N#Cc1cccc(CNCc2ccc(I)o2)c1. The van der Waals surface area contributed by atoms with Gasteiger partial charge >= 0.3 is 0 Å². The van der Waals surface area contributed by atoms with Crippen molar-refractivity contribution in [1.82, 2.24) is 5.32 Å². The normalized spacial score (nSPS) is 10.1. The van der Waals surface area contributed by atoms with E-state index in [1.54, 1.807) is 6.07 Å². The zero-order valence-corrected chi connectivity index (χ0v) is 11.3. The molecule has 17 heavy (non-hydrogen) atoms. The van der Waals surface area contributed by atoms with Gasteiger partial charge in [0, 0.05) is 6.54 Å². The van der Waals surface area contributed by atoms with E-state index in [4.69, 9.17) is 9.68 Å². The summed E-state index contributed by atoms with van der Waals surface area (Å²) in [5.41, 5.74) is 1.79. The molecule has 3 nitrogen and oxygen atoms in total. The van der Waals surface area contributed by atoms with Crippen LogP contribution in [0, 0.1) is 15.1 Å². The van der Waals surface area contributed by atoms with Crippen molar-refractivity contribution in [3.8, 4) is 6.07 Å². The average Bonchev–Trinajstić information content (AvgIpc) is 2.75. The fourth-order valence-corrected chi connectivity index (χ4v) is 1.99. The first-order valence-corrected chi connectivity index (χ1v) is 6.30. The monoisotopic (exact) mass is 338 g/mol. The molecule has 1 aromatic heterocycles. The molecule has 0 aliphatic rings. The Balaban J connectivity index is 1.88. The van der Waals surface area contributed by atoms with Crippen LogP contribution in [0.15, 0.2) is 40.8 Å². The largest absolute Gasteiger partial charge is 0.454 e. The lowest BCUT2D eigenvalue weighted by Crippen LogP contribution is -2.12. The van der Waals surface area contributed by atoms with E-state index in [2.05, 4.69) is 34.0 Å². The van der Waals surface area contributed by atoms with Crippen molar-refractivity contribution in [2.45, 2.75) is 13.1 Å². The van der Waals surface area contributed by atoms with Crippen LogP contribution in [0.4, 0.5) is 0 Å². The highest BCUT2D eigenvalue weighted by molar-refractivity contribution is 14.1. The molecule has 0 spiro atoms. The standard InChI is InChI=1S/C13H11IN2O/c14-13-5-4-12(17-13)9-16-8-11-3-1-2-10(6-11)7-15/h1-6,16H,8-9H2. The van der Waals surface area contributed by atoms with Crippen LogP contribution in [0.1, 0.15) is 16.9 Å². The smallest absolute Gasteiger partial charge is 0.164 e. The second kappa shape index (κ2) is 5.84. The first kappa shape index (κ1) is 12.1. The van der Waals surface area contributed by atoms with Gasteiger partial charge in [0.15, 0.2) is 3.77 Å². The molecule has 0 saturated carbocycles. The van der Waals surface area contributed by atoms with E-state index in [9.17, 15) is 0 Å². The second-order valence-corrected chi connectivity index (χ2v) is 4.68. The average molecular weight is 338 g/mol. The summed E-state index contributed by atoms with van der Waals surface area (Å²) in [6.07, 6.45) is 0. The van der Waals surface area contributed by atoms with Gasteiger partial charge in [-0.15, -0.1) is 0 Å². The molecule has 2 rings (SSSR count). The first-order valence-electron chi connectivity index (χ1n) is 5.22. The molecule has 0 fully saturated rings. The molecule has 0 amide bonds. The number of nitrogens with one attached hydrogen (secondary N) is 1. The van der Waals surface area contributed by atoms with Crippen molar-refractivity contribution in [1.29, 1.82) is 5.26 Å². The third-order valence-corrected chi connectivity index (χ3v) is 2.89. The minimum atomic E-state index is 0.692. The quantitative estimate of drug-likeness (QED) is 0.872. The van der Waals surface area contributed by atoms with Crippen LogP contribution in [0.25, 0.3) is 0 Å². The van der Waals surface area contributed by atoms with Crippen LogP contribution in [0.5, 0.6) is 0 Å². The maximum absolute atomic E-state index is 8.78. The summed E-state index contributed by atoms with van der Waals surface area (Å²) in [5, 5.41) is 12.1. The molecule has 1 N–H and O–H groups in total. The number of benzene rings is 1. The Labute approximate surface area is 114 Å². The third-order valence-electron chi connectivity index (χ3n) is 2.31.